The Kier molecular flexibility index (Phi) is 5.46. The van der Waals surface area contributed by atoms with Crippen molar-refractivity contribution in [1.82, 2.24) is 0 Å². The van der Waals surface area contributed by atoms with E-state index in [4.69, 9.17) is 10.0 Å². The van der Waals surface area contributed by atoms with Gasteiger partial charge in [0.15, 0.2) is 0 Å². The highest BCUT2D eigenvalue weighted by atomic mass is 16.6. The number of carbonyl (C=O) groups excluding carboxylic acids is 1. The summed E-state index contributed by atoms with van der Waals surface area (Å²) in [6.45, 7) is 7.16. The van der Waals surface area contributed by atoms with Crippen LogP contribution in [-0.2, 0) is 9.63 Å². The highest BCUT2D eigenvalue weighted by Gasteiger charge is 2.21. The first-order valence-electron chi connectivity index (χ1n) is 6.51. The van der Waals surface area contributed by atoms with Gasteiger partial charge in [-0.3, -0.25) is 4.79 Å². The fourth-order valence-electron chi connectivity index (χ4n) is 1.50. The van der Waals surface area contributed by atoms with Gasteiger partial charge in [-0.1, -0.05) is 43.2 Å². The van der Waals surface area contributed by atoms with Crippen molar-refractivity contribution >= 4 is 23.0 Å². The van der Waals surface area contributed by atoms with Crippen LogP contribution in [0.1, 0.15) is 33.3 Å². The summed E-state index contributed by atoms with van der Waals surface area (Å²) in [5.74, 6) is -0.0610. The predicted octanol–water partition coefficient (Wildman–Crippen LogP) is 2.87. The molecule has 0 saturated heterocycles. The number of anilines is 1. The van der Waals surface area contributed by atoms with Gasteiger partial charge in [-0.25, -0.2) is 0 Å². The van der Waals surface area contributed by atoms with Gasteiger partial charge in [-0.05, 0) is 19.1 Å². The van der Waals surface area contributed by atoms with E-state index in [1.807, 2.05) is 20.8 Å². The zero-order valence-corrected chi connectivity index (χ0v) is 13.0. The molecule has 21 heavy (non-hydrogen) atoms. The molecule has 0 unspecified atom stereocenters. The third kappa shape index (κ3) is 4.59. The van der Waals surface area contributed by atoms with Gasteiger partial charge in [0.25, 0.3) is 0 Å². The monoisotopic (exact) mass is 291 g/mol. The van der Waals surface area contributed by atoms with Crippen LogP contribution in [0.3, 0.4) is 0 Å². The molecule has 1 rings (SSSR count). The third-order valence-corrected chi connectivity index (χ3v) is 2.77. The first-order valence-corrected chi connectivity index (χ1v) is 6.51. The van der Waals surface area contributed by atoms with Crippen LogP contribution in [0.25, 0.3) is 0 Å². The molecule has 6 heteroatoms. The van der Waals surface area contributed by atoms with Crippen molar-refractivity contribution in [3.05, 3.63) is 29.8 Å². The van der Waals surface area contributed by atoms with Crippen molar-refractivity contribution in [3.63, 3.8) is 0 Å². The first-order chi connectivity index (χ1) is 9.79. The van der Waals surface area contributed by atoms with Crippen molar-refractivity contribution in [2.45, 2.75) is 27.7 Å². The number of hydrogen-bond donors (Lipinski definition) is 2. The van der Waals surface area contributed by atoms with Crippen LogP contribution in [0.15, 0.2) is 34.6 Å². The van der Waals surface area contributed by atoms with Crippen molar-refractivity contribution in [2.75, 3.05) is 12.4 Å². The summed E-state index contributed by atoms with van der Waals surface area (Å²) >= 11 is 0. The van der Waals surface area contributed by atoms with E-state index >= 15 is 0 Å². The van der Waals surface area contributed by atoms with Gasteiger partial charge in [0, 0.05) is 16.7 Å². The van der Waals surface area contributed by atoms with Crippen molar-refractivity contribution in [2.24, 2.45) is 15.7 Å². The molecule has 0 spiro atoms. The minimum Gasteiger partial charge on any atom is -0.411 e. The molecule has 1 aromatic carbocycles. The molecule has 0 bridgehead atoms. The first kappa shape index (κ1) is 16.7. The second-order valence-electron chi connectivity index (χ2n) is 5.59. The molecule has 0 heterocycles. The van der Waals surface area contributed by atoms with E-state index in [1.165, 1.54) is 7.11 Å². The van der Waals surface area contributed by atoms with E-state index in [0.717, 1.165) is 5.56 Å². The number of hydrogen-bond acceptors (Lipinski definition) is 5. The lowest BCUT2D eigenvalue weighted by Gasteiger charge is -2.17. The Morgan fingerprint density at radius 2 is 1.81 bits per heavy atom. The molecule has 1 amide bonds. The van der Waals surface area contributed by atoms with E-state index in [1.54, 1.807) is 31.2 Å². The lowest BCUT2D eigenvalue weighted by molar-refractivity contribution is -0.123. The summed E-state index contributed by atoms with van der Waals surface area (Å²) in [5.41, 5.74) is 1.72. The molecule has 114 valence electrons. The molecular weight excluding hydrogens is 270 g/mol. The molecule has 0 aromatic heterocycles. The Balaban J connectivity index is 2.97. The van der Waals surface area contributed by atoms with Crippen molar-refractivity contribution in [1.29, 1.82) is 0 Å². The molecule has 0 aliphatic rings. The van der Waals surface area contributed by atoms with Gasteiger partial charge in [0.2, 0.25) is 5.91 Å². The van der Waals surface area contributed by atoms with E-state index in [-0.39, 0.29) is 5.91 Å². The number of amides is 1. The summed E-state index contributed by atoms with van der Waals surface area (Å²) in [7, 11) is 1.42. The standard InChI is InChI=1S/C15H21N3O3/c1-10(17-20)13(18-21-5)11-6-8-12(9-7-11)16-14(19)15(2,3)4/h6-9,20H,1-5H3,(H,16,19)/b17-10+,18-13-. The lowest BCUT2D eigenvalue weighted by Crippen LogP contribution is -2.27. The SMILES string of the molecule is CO/N=C(/C(C)=N/O)c1ccc(NC(=O)C(C)(C)C)cc1. The Labute approximate surface area is 124 Å². The van der Waals surface area contributed by atoms with Crippen molar-refractivity contribution < 1.29 is 14.8 Å². The smallest absolute Gasteiger partial charge is 0.229 e. The van der Waals surface area contributed by atoms with Crippen LogP contribution < -0.4 is 5.32 Å². The largest absolute Gasteiger partial charge is 0.411 e. The van der Waals surface area contributed by atoms with Crippen LogP contribution in [0.2, 0.25) is 0 Å². The summed E-state index contributed by atoms with van der Waals surface area (Å²) < 4.78 is 0. The lowest BCUT2D eigenvalue weighted by atomic mass is 9.95. The van der Waals surface area contributed by atoms with Crippen LogP contribution in [0.5, 0.6) is 0 Å². The van der Waals surface area contributed by atoms with Crippen LogP contribution in [0, 0.1) is 5.41 Å². The van der Waals surface area contributed by atoms with Gasteiger partial charge < -0.3 is 15.4 Å². The van der Waals surface area contributed by atoms with Gasteiger partial charge >= 0.3 is 0 Å². The predicted molar refractivity (Wildman–Crippen MR) is 83.0 cm³/mol. The molecule has 6 nitrogen and oxygen atoms in total. The number of oxime groups is 2. The summed E-state index contributed by atoms with van der Waals surface area (Å²) in [4.78, 5) is 16.6. The molecule has 0 aliphatic heterocycles. The zero-order valence-electron chi connectivity index (χ0n) is 13.0. The van der Waals surface area contributed by atoms with Crippen LogP contribution in [0.4, 0.5) is 5.69 Å². The maximum Gasteiger partial charge on any atom is 0.229 e. The summed E-state index contributed by atoms with van der Waals surface area (Å²) in [6.07, 6.45) is 0. The van der Waals surface area contributed by atoms with Crippen LogP contribution in [-0.4, -0.2) is 29.6 Å². The average Bonchev–Trinajstić information content (AvgIpc) is 2.44. The Hall–Kier alpha value is -2.37. The quantitative estimate of drug-likeness (QED) is 0.508. The Morgan fingerprint density at radius 3 is 2.24 bits per heavy atom. The topological polar surface area (TPSA) is 83.3 Å². The normalized spacial score (nSPS) is 13.0. The van der Waals surface area contributed by atoms with E-state index < -0.39 is 5.41 Å². The summed E-state index contributed by atoms with van der Waals surface area (Å²) in [6, 6.07) is 7.05. The zero-order chi connectivity index (χ0) is 16.0. The number of carbonyl (C=O) groups is 1. The second-order valence-corrected chi connectivity index (χ2v) is 5.59. The fraction of sp³-hybridized carbons (Fsp3) is 0.400. The fourth-order valence-corrected chi connectivity index (χ4v) is 1.50. The summed E-state index contributed by atoms with van der Waals surface area (Å²) in [5, 5.41) is 18.6. The van der Waals surface area contributed by atoms with Gasteiger partial charge in [-0.15, -0.1) is 0 Å². The number of benzene rings is 1. The van der Waals surface area contributed by atoms with Gasteiger partial charge in [0.05, 0.1) is 0 Å². The highest BCUT2D eigenvalue weighted by Crippen LogP contribution is 2.18. The van der Waals surface area contributed by atoms with Crippen molar-refractivity contribution in [3.8, 4) is 0 Å². The Morgan fingerprint density at radius 1 is 1.24 bits per heavy atom. The number of rotatable bonds is 4. The van der Waals surface area contributed by atoms with E-state index in [2.05, 4.69) is 15.6 Å². The van der Waals surface area contributed by atoms with Gasteiger partial charge in [-0.2, -0.15) is 0 Å². The van der Waals surface area contributed by atoms with E-state index in [0.29, 0.717) is 17.1 Å². The third-order valence-electron chi connectivity index (χ3n) is 2.77. The number of nitrogens with zero attached hydrogens (tertiary/aromatic N) is 2. The molecule has 0 radical (unpaired) electrons. The van der Waals surface area contributed by atoms with Gasteiger partial charge in [0.1, 0.15) is 18.5 Å². The molecule has 0 atom stereocenters. The molecule has 0 fully saturated rings. The Bertz CT molecular complexity index is 555. The average molecular weight is 291 g/mol. The molecule has 2 N–H and O–H groups in total. The molecule has 0 aliphatic carbocycles. The van der Waals surface area contributed by atoms with E-state index in [9.17, 15) is 4.79 Å². The number of nitrogens with one attached hydrogen (secondary N) is 1. The molecule has 0 saturated carbocycles. The minimum atomic E-state index is -0.457. The molecular formula is C15H21N3O3. The molecule has 1 aromatic rings. The minimum absolute atomic E-state index is 0.0610. The highest BCUT2D eigenvalue weighted by molar-refractivity contribution is 6.47. The maximum absolute atomic E-state index is 11.9. The van der Waals surface area contributed by atoms with Crippen LogP contribution >= 0.6 is 0 Å². The maximum atomic E-state index is 11.9. The second kappa shape index (κ2) is 6.88.